The topological polar surface area (TPSA) is 56.1 Å². The van der Waals surface area contributed by atoms with Crippen molar-refractivity contribution in [2.45, 2.75) is 38.8 Å². The number of benzene rings is 2. The summed E-state index contributed by atoms with van der Waals surface area (Å²) in [6.45, 7) is -1.97. The first-order valence-corrected chi connectivity index (χ1v) is 10.5. The third-order valence-electron chi connectivity index (χ3n) is 4.98. The van der Waals surface area contributed by atoms with Crippen molar-refractivity contribution in [1.29, 1.82) is 0 Å². The summed E-state index contributed by atoms with van der Waals surface area (Å²) >= 11 is 3.29. The van der Waals surface area contributed by atoms with Gasteiger partial charge in [-0.3, -0.25) is 4.79 Å². The average Bonchev–Trinajstić information content (AvgIpc) is 2.87. The normalized spacial score (nSPS) is 14.1. The van der Waals surface area contributed by atoms with E-state index >= 15 is 0 Å². The van der Waals surface area contributed by atoms with Crippen LogP contribution in [-0.2, 0) is 17.8 Å². The molecule has 0 spiro atoms. The molecule has 0 saturated carbocycles. The number of aryl methyl sites for hydroxylation is 2. The van der Waals surface area contributed by atoms with E-state index < -0.39 is 6.61 Å². The van der Waals surface area contributed by atoms with Crippen LogP contribution in [0, 0.1) is 0 Å². The summed E-state index contributed by atoms with van der Waals surface area (Å²) in [7, 11) is 0. The number of amides is 1. The number of imidazole rings is 1. The quantitative estimate of drug-likeness (QED) is 0.475. The van der Waals surface area contributed by atoms with Crippen molar-refractivity contribution in [2.24, 2.45) is 0 Å². The molecule has 0 saturated heterocycles. The van der Waals surface area contributed by atoms with Crippen LogP contribution in [0.4, 0.5) is 14.5 Å². The Morgan fingerprint density at radius 3 is 2.90 bits per heavy atom. The van der Waals surface area contributed by atoms with Crippen molar-refractivity contribution in [3.63, 3.8) is 0 Å². The zero-order valence-corrected chi connectivity index (χ0v) is 17.7. The van der Waals surface area contributed by atoms with Crippen molar-refractivity contribution < 1.29 is 18.3 Å². The second kappa shape index (κ2) is 8.95. The minimum Gasteiger partial charge on any atom is -0.434 e. The first-order valence-electron chi connectivity index (χ1n) is 9.72. The Balaban J connectivity index is 1.50. The molecule has 8 heteroatoms. The van der Waals surface area contributed by atoms with Gasteiger partial charge in [0.15, 0.2) is 0 Å². The zero-order chi connectivity index (χ0) is 21.1. The highest BCUT2D eigenvalue weighted by Gasteiger charge is 2.14. The summed E-state index contributed by atoms with van der Waals surface area (Å²) in [4.78, 5) is 17.1. The third kappa shape index (κ3) is 4.70. The molecular formula is C22H20BrF2N3O2. The SMILES string of the molecule is O=C(C=Cc1cc(Br)ccc1OC(F)F)Nc1ccc2c(c1)nc1n2CCCCC1. The first-order chi connectivity index (χ1) is 14.5. The van der Waals surface area contributed by atoms with E-state index in [0.29, 0.717) is 15.7 Å². The molecule has 1 aliphatic heterocycles. The van der Waals surface area contributed by atoms with Gasteiger partial charge in [0.2, 0.25) is 5.91 Å². The Bertz CT molecular complexity index is 1110. The molecule has 0 fully saturated rings. The minimum absolute atomic E-state index is 0.00169. The lowest BCUT2D eigenvalue weighted by Gasteiger charge is -2.08. The number of rotatable bonds is 5. The van der Waals surface area contributed by atoms with Crippen LogP contribution in [0.2, 0.25) is 0 Å². The number of alkyl halides is 2. The van der Waals surface area contributed by atoms with E-state index in [1.54, 1.807) is 12.1 Å². The zero-order valence-electron chi connectivity index (χ0n) is 16.1. The highest BCUT2D eigenvalue weighted by Crippen LogP contribution is 2.27. The molecule has 0 atom stereocenters. The lowest BCUT2D eigenvalue weighted by Crippen LogP contribution is -2.08. The van der Waals surface area contributed by atoms with Crippen LogP contribution < -0.4 is 10.1 Å². The molecule has 1 N–H and O–H groups in total. The Hall–Kier alpha value is -2.74. The molecule has 3 aromatic rings. The number of fused-ring (bicyclic) bond motifs is 3. The second-order valence-corrected chi connectivity index (χ2v) is 7.99. The summed E-state index contributed by atoms with van der Waals surface area (Å²) in [5, 5.41) is 2.80. The van der Waals surface area contributed by atoms with Gasteiger partial charge in [-0.1, -0.05) is 22.4 Å². The van der Waals surface area contributed by atoms with Gasteiger partial charge < -0.3 is 14.6 Å². The second-order valence-electron chi connectivity index (χ2n) is 7.08. The summed E-state index contributed by atoms with van der Waals surface area (Å²) in [6.07, 6.45) is 7.20. The monoisotopic (exact) mass is 475 g/mol. The number of carbonyl (C=O) groups is 1. The molecule has 0 radical (unpaired) electrons. The van der Waals surface area contributed by atoms with Gasteiger partial charge in [-0.05, 0) is 55.3 Å². The summed E-state index contributed by atoms with van der Waals surface area (Å²) < 4.78 is 32.6. The standard InChI is InChI=1S/C22H20BrF2N3O2/c23-15-6-9-19(30-22(24)25)14(12-15)5-10-21(29)26-16-7-8-18-17(13-16)27-20-4-2-1-3-11-28(18)20/h5-10,12-13,22H,1-4,11H2,(H,26,29). The van der Waals surface area contributed by atoms with Gasteiger partial charge in [-0.2, -0.15) is 8.78 Å². The highest BCUT2D eigenvalue weighted by molar-refractivity contribution is 9.10. The number of hydrogen-bond acceptors (Lipinski definition) is 3. The van der Waals surface area contributed by atoms with E-state index in [0.717, 1.165) is 42.7 Å². The number of hydrogen-bond donors (Lipinski definition) is 1. The molecule has 2 aromatic carbocycles. The Labute approximate surface area is 180 Å². The van der Waals surface area contributed by atoms with E-state index in [9.17, 15) is 13.6 Å². The fraction of sp³-hybridized carbons (Fsp3) is 0.273. The van der Waals surface area contributed by atoms with Gasteiger partial charge in [0.1, 0.15) is 11.6 Å². The van der Waals surface area contributed by atoms with Gasteiger partial charge in [-0.25, -0.2) is 4.98 Å². The number of ether oxygens (including phenoxy) is 1. The van der Waals surface area contributed by atoms with Crippen molar-refractivity contribution in [1.82, 2.24) is 9.55 Å². The molecule has 1 aromatic heterocycles. The molecular weight excluding hydrogens is 456 g/mol. The van der Waals surface area contributed by atoms with Gasteiger partial charge >= 0.3 is 6.61 Å². The van der Waals surface area contributed by atoms with Crippen LogP contribution in [0.15, 0.2) is 46.9 Å². The molecule has 1 amide bonds. The highest BCUT2D eigenvalue weighted by atomic mass is 79.9. The van der Waals surface area contributed by atoms with E-state index in [2.05, 4.69) is 30.6 Å². The Morgan fingerprint density at radius 2 is 2.07 bits per heavy atom. The first kappa shape index (κ1) is 20.5. The molecule has 4 rings (SSSR count). The predicted octanol–water partition coefficient (Wildman–Crippen LogP) is 5.78. The molecule has 1 aliphatic rings. The van der Waals surface area contributed by atoms with Crippen molar-refractivity contribution in [3.8, 4) is 5.75 Å². The molecule has 0 bridgehead atoms. The minimum atomic E-state index is -2.94. The molecule has 2 heterocycles. The summed E-state index contributed by atoms with van der Waals surface area (Å²) in [5.41, 5.74) is 2.92. The lowest BCUT2D eigenvalue weighted by molar-refractivity contribution is -0.111. The average molecular weight is 476 g/mol. The molecule has 156 valence electrons. The Kier molecular flexibility index (Phi) is 6.13. The van der Waals surface area contributed by atoms with Crippen LogP contribution in [0.5, 0.6) is 5.75 Å². The Morgan fingerprint density at radius 1 is 1.20 bits per heavy atom. The number of nitrogens with zero attached hydrogens (tertiary/aromatic N) is 2. The van der Waals surface area contributed by atoms with Crippen LogP contribution in [0.1, 0.15) is 30.7 Å². The molecule has 0 unspecified atom stereocenters. The maximum Gasteiger partial charge on any atom is 0.387 e. The molecule has 30 heavy (non-hydrogen) atoms. The molecule has 5 nitrogen and oxygen atoms in total. The predicted molar refractivity (Wildman–Crippen MR) is 116 cm³/mol. The molecule has 0 aliphatic carbocycles. The van der Waals surface area contributed by atoms with Crippen molar-refractivity contribution in [3.05, 3.63) is 58.3 Å². The number of aromatic nitrogens is 2. The van der Waals surface area contributed by atoms with Crippen LogP contribution >= 0.6 is 15.9 Å². The smallest absolute Gasteiger partial charge is 0.387 e. The fourth-order valence-corrected chi connectivity index (χ4v) is 4.01. The number of halogens is 3. The maximum absolute atomic E-state index is 12.6. The summed E-state index contributed by atoms with van der Waals surface area (Å²) in [6, 6.07) is 10.3. The van der Waals surface area contributed by atoms with Gasteiger partial charge in [-0.15, -0.1) is 0 Å². The lowest BCUT2D eigenvalue weighted by atomic mass is 10.2. The third-order valence-corrected chi connectivity index (χ3v) is 5.47. The maximum atomic E-state index is 12.6. The van der Waals surface area contributed by atoms with E-state index in [-0.39, 0.29) is 11.7 Å². The van der Waals surface area contributed by atoms with Gasteiger partial charge in [0.25, 0.3) is 0 Å². The van der Waals surface area contributed by atoms with E-state index in [4.69, 9.17) is 4.98 Å². The number of nitrogens with one attached hydrogen (secondary N) is 1. The van der Waals surface area contributed by atoms with Crippen LogP contribution in [-0.4, -0.2) is 22.1 Å². The van der Waals surface area contributed by atoms with Crippen LogP contribution in [0.25, 0.3) is 17.1 Å². The number of anilines is 1. The van der Waals surface area contributed by atoms with Gasteiger partial charge in [0.05, 0.1) is 11.0 Å². The fourth-order valence-electron chi connectivity index (χ4n) is 3.63. The van der Waals surface area contributed by atoms with Gasteiger partial charge in [0, 0.05) is 34.8 Å². The summed E-state index contributed by atoms with van der Waals surface area (Å²) in [5.74, 6) is 0.711. The number of carbonyl (C=O) groups excluding carboxylic acids is 1. The van der Waals surface area contributed by atoms with Crippen molar-refractivity contribution >= 4 is 44.6 Å². The van der Waals surface area contributed by atoms with Crippen molar-refractivity contribution in [2.75, 3.05) is 5.32 Å². The largest absolute Gasteiger partial charge is 0.434 e. The van der Waals surface area contributed by atoms with Crippen LogP contribution in [0.3, 0.4) is 0 Å². The van der Waals surface area contributed by atoms with E-state index in [1.165, 1.54) is 24.6 Å². The van der Waals surface area contributed by atoms with E-state index in [1.807, 2.05) is 18.2 Å².